The fraction of sp³-hybridized carbons (Fsp3) is 0.786. The molecule has 1 saturated heterocycles. The van der Waals surface area contributed by atoms with E-state index in [9.17, 15) is 0 Å². The Labute approximate surface area is 110 Å². The van der Waals surface area contributed by atoms with Gasteiger partial charge < -0.3 is 9.84 Å². The summed E-state index contributed by atoms with van der Waals surface area (Å²) in [5.41, 5.74) is 2.28. The van der Waals surface area contributed by atoms with Crippen LogP contribution in [0.4, 0.5) is 0 Å². The molecule has 4 nitrogen and oxygen atoms in total. The van der Waals surface area contributed by atoms with E-state index >= 15 is 0 Å². The number of hydrogen-bond acceptors (Lipinski definition) is 4. The average molecular weight is 251 g/mol. The van der Waals surface area contributed by atoms with Crippen molar-refractivity contribution in [2.24, 2.45) is 0 Å². The molecule has 1 fully saturated rings. The van der Waals surface area contributed by atoms with Gasteiger partial charge in [-0.2, -0.15) is 0 Å². The summed E-state index contributed by atoms with van der Waals surface area (Å²) in [5, 5.41) is 7.61. The molecule has 0 saturated carbocycles. The van der Waals surface area contributed by atoms with Crippen molar-refractivity contribution in [3.8, 4) is 0 Å². The van der Waals surface area contributed by atoms with E-state index in [1.807, 2.05) is 13.8 Å². The molecule has 2 rings (SSSR count). The van der Waals surface area contributed by atoms with Crippen molar-refractivity contribution >= 4 is 0 Å². The Balaban J connectivity index is 2.01. The van der Waals surface area contributed by atoms with Crippen molar-refractivity contribution in [1.29, 1.82) is 0 Å². The fourth-order valence-electron chi connectivity index (χ4n) is 2.58. The summed E-state index contributed by atoms with van der Waals surface area (Å²) < 4.78 is 5.25. The molecule has 4 heteroatoms. The molecule has 1 aromatic rings. The van der Waals surface area contributed by atoms with Crippen LogP contribution in [-0.2, 0) is 6.54 Å². The highest BCUT2D eigenvalue weighted by molar-refractivity contribution is 5.20. The van der Waals surface area contributed by atoms with Crippen LogP contribution in [0.1, 0.15) is 43.7 Å². The summed E-state index contributed by atoms with van der Waals surface area (Å²) in [7, 11) is 0. The summed E-state index contributed by atoms with van der Waals surface area (Å²) in [6.45, 7) is 11.8. The topological polar surface area (TPSA) is 41.3 Å². The number of nitrogens with one attached hydrogen (secondary N) is 1. The summed E-state index contributed by atoms with van der Waals surface area (Å²) in [6.07, 6.45) is 2.60. The first-order valence-electron chi connectivity index (χ1n) is 6.97. The maximum atomic E-state index is 5.25. The van der Waals surface area contributed by atoms with Crippen molar-refractivity contribution in [3.63, 3.8) is 0 Å². The molecule has 0 aliphatic carbocycles. The van der Waals surface area contributed by atoms with Gasteiger partial charge >= 0.3 is 0 Å². The third-order valence-electron chi connectivity index (χ3n) is 3.89. The van der Waals surface area contributed by atoms with Crippen LogP contribution in [0.2, 0.25) is 0 Å². The van der Waals surface area contributed by atoms with E-state index in [-0.39, 0.29) is 0 Å². The number of hydrogen-bond donors (Lipinski definition) is 1. The molecule has 0 bridgehead atoms. The van der Waals surface area contributed by atoms with Crippen LogP contribution in [0.5, 0.6) is 0 Å². The lowest BCUT2D eigenvalue weighted by molar-refractivity contribution is 0.192. The molecule has 1 N–H and O–H groups in total. The Kier molecular flexibility index (Phi) is 4.40. The molecule has 1 aliphatic rings. The van der Waals surface area contributed by atoms with Gasteiger partial charge in [-0.1, -0.05) is 5.16 Å². The van der Waals surface area contributed by atoms with Crippen molar-refractivity contribution in [2.75, 3.05) is 13.1 Å². The lowest BCUT2D eigenvalue weighted by atomic mass is 10.1. The van der Waals surface area contributed by atoms with Crippen molar-refractivity contribution in [1.82, 2.24) is 15.4 Å². The Hall–Kier alpha value is -0.870. The van der Waals surface area contributed by atoms with E-state index < -0.39 is 0 Å². The molecule has 0 radical (unpaired) electrons. The van der Waals surface area contributed by atoms with Crippen LogP contribution in [0, 0.1) is 13.8 Å². The van der Waals surface area contributed by atoms with Crippen LogP contribution in [0.3, 0.4) is 0 Å². The van der Waals surface area contributed by atoms with Gasteiger partial charge in [0.15, 0.2) is 0 Å². The average Bonchev–Trinajstić information content (AvgIpc) is 2.92. The molecule has 0 spiro atoms. The van der Waals surface area contributed by atoms with E-state index in [1.165, 1.54) is 24.9 Å². The lowest BCUT2D eigenvalue weighted by Gasteiger charge is -2.29. The van der Waals surface area contributed by atoms with Gasteiger partial charge in [0.2, 0.25) is 0 Å². The van der Waals surface area contributed by atoms with E-state index in [4.69, 9.17) is 4.52 Å². The van der Waals surface area contributed by atoms with Crippen molar-refractivity contribution < 1.29 is 4.52 Å². The number of aromatic nitrogens is 1. The van der Waals surface area contributed by atoms with Crippen LogP contribution >= 0.6 is 0 Å². The highest BCUT2D eigenvalue weighted by Crippen LogP contribution is 2.18. The van der Waals surface area contributed by atoms with Crippen molar-refractivity contribution in [2.45, 2.75) is 59.2 Å². The number of aryl methyl sites for hydroxylation is 2. The van der Waals surface area contributed by atoms with Gasteiger partial charge in [0.05, 0.1) is 5.69 Å². The third-order valence-corrected chi connectivity index (χ3v) is 3.89. The Morgan fingerprint density at radius 3 is 2.72 bits per heavy atom. The summed E-state index contributed by atoms with van der Waals surface area (Å²) in [4.78, 5) is 2.51. The molecule has 1 aliphatic heterocycles. The first-order chi connectivity index (χ1) is 8.58. The standard InChI is InChI=1S/C14H25N3O/c1-10(2)17(8-13-6-5-7-15-13)9-14-11(3)16-18-12(14)4/h10,13,15H,5-9H2,1-4H3. The monoisotopic (exact) mass is 251 g/mol. The molecule has 18 heavy (non-hydrogen) atoms. The molecule has 2 heterocycles. The Morgan fingerprint density at radius 1 is 1.44 bits per heavy atom. The first kappa shape index (κ1) is 13.6. The zero-order valence-corrected chi connectivity index (χ0v) is 12.0. The smallest absolute Gasteiger partial charge is 0.138 e. The predicted octanol–water partition coefficient (Wildman–Crippen LogP) is 2.25. The van der Waals surface area contributed by atoms with E-state index in [0.29, 0.717) is 12.1 Å². The largest absolute Gasteiger partial charge is 0.361 e. The van der Waals surface area contributed by atoms with Crippen LogP contribution in [0.25, 0.3) is 0 Å². The quantitative estimate of drug-likeness (QED) is 0.871. The summed E-state index contributed by atoms with van der Waals surface area (Å²) >= 11 is 0. The Bertz CT molecular complexity index is 361. The Morgan fingerprint density at radius 2 is 2.22 bits per heavy atom. The number of nitrogens with zero attached hydrogens (tertiary/aromatic N) is 2. The van der Waals surface area contributed by atoms with Gasteiger partial charge in [-0.3, -0.25) is 4.90 Å². The molecular weight excluding hydrogens is 226 g/mol. The molecule has 1 atom stereocenters. The molecule has 0 aromatic carbocycles. The third kappa shape index (κ3) is 3.12. The zero-order valence-electron chi connectivity index (χ0n) is 12.0. The highest BCUT2D eigenvalue weighted by atomic mass is 16.5. The summed E-state index contributed by atoms with van der Waals surface area (Å²) in [5.74, 6) is 0.956. The van der Waals surface area contributed by atoms with Gasteiger partial charge in [0.25, 0.3) is 0 Å². The second-order valence-electron chi connectivity index (χ2n) is 5.62. The molecular formula is C14H25N3O. The molecule has 0 amide bonds. The van der Waals surface area contributed by atoms with E-state index in [2.05, 4.69) is 29.2 Å². The SMILES string of the molecule is Cc1noc(C)c1CN(CC1CCCN1)C(C)C. The zero-order chi connectivity index (χ0) is 13.1. The summed E-state index contributed by atoms with van der Waals surface area (Å²) in [6, 6.07) is 1.19. The second kappa shape index (κ2) is 5.85. The van der Waals surface area contributed by atoms with Crippen molar-refractivity contribution in [3.05, 3.63) is 17.0 Å². The van der Waals surface area contributed by atoms with Gasteiger partial charge in [0.1, 0.15) is 5.76 Å². The van der Waals surface area contributed by atoms with Crippen LogP contribution < -0.4 is 5.32 Å². The van der Waals surface area contributed by atoms with Gasteiger partial charge in [-0.05, 0) is 47.1 Å². The maximum Gasteiger partial charge on any atom is 0.138 e. The van der Waals surface area contributed by atoms with E-state index in [1.54, 1.807) is 0 Å². The van der Waals surface area contributed by atoms with Gasteiger partial charge in [-0.25, -0.2) is 0 Å². The van der Waals surface area contributed by atoms with Crippen LogP contribution in [0.15, 0.2) is 4.52 Å². The van der Waals surface area contributed by atoms with Gasteiger partial charge in [-0.15, -0.1) is 0 Å². The minimum absolute atomic E-state index is 0.543. The predicted molar refractivity (Wildman–Crippen MR) is 72.5 cm³/mol. The lowest BCUT2D eigenvalue weighted by Crippen LogP contribution is -2.40. The van der Waals surface area contributed by atoms with Gasteiger partial charge in [0, 0.05) is 30.7 Å². The minimum Gasteiger partial charge on any atom is -0.361 e. The highest BCUT2D eigenvalue weighted by Gasteiger charge is 2.21. The first-order valence-corrected chi connectivity index (χ1v) is 6.97. The maximum absolute atomic E-state index is 5.25. The molecule has 1 aromatic heterocycles. The van der Waals surface area contributed by atoms with E-state index in [0.717, 1.165) is 24.5 Å². The molecule has 102 valence electrons. The second-order valence-corrected chi connectivity index (χ2v) is 5.62. The fourth-order valence-corrected chi connectivity index (χ4v) is 2.58. The number of rotatable bonds is 5. The minimum atomic E-state index is 0.543. The molecule has 1 unspecified atom stereocenters. The normalized spacial score (nSPS) is 20.2. The van der Waals surface area contributed by atoms with Crippen LogP contribution in [-0.4, -0.2) is 35.2 Å².